The van der Waals surface area contributed by atoms with Gasteiger partial charge in [0.1, 0.15) is 5.78 Å². The molecule has 0 amide bonds. The van der Waals surface area contributed by atoms with Gasteiger partial charge in [0.15, 0.2) is 11.5 Å². The van der Waals surface area contributed by atoms with Gasteiger partial charge in [0, 0.05) is 29.7 Å². The van der Waals surface area contributed by atoms with E-state index in [1.54, 1.807) is 18.2 Å². The fourth-order valence-corrected chi connectivity index (χ4v) is 2.77. The van der Waals surface area contributed by atoms with E-state index in [1.165, 1.54) is 14.2 Å². The number of ether oxygens (including phenoxy) is 2. The Hall–Kier alpha value is -2.11. The van der Waals surface area contributed by atoms with Crippen molar-refractivity contribution < 1.29 is 19.2 Å². The average Bonchev–Trinajstić information content (AvgIpc) is 2.45. The summed E-state index contributed by atoms with van der Waals surface area (Å²) in [5.41, 5.74) is 0.668. The van der Waals surface area contributed by atoms with Gasteiger partial charge in [-0.25, -0.2) is 0 Å². The van der Waals surface area contributed by atoms with Crippen molar-refractivity contribution in [2.24, 2.45) is 0 Å². The molecule has 0 aliphatic heterocycles. The van der Waals surface area contributed by atoms with Gasteiger partial charge in [-0.1, -0.05) is 12.1 Å². The Morgan fingerprint density at radius 2 is 2.05 bits per heavy atom. The molecule has 20 heavy (non-hydrogen) atoms. The van der Waals surface area contributed by atoms with Gasteiger partial charge in [-0.2, -0.15) is 0 Å². The van der Waals surface area contributed by atoms with Crippen molar-refractivity contribution in [3.63, 3.8) is 0 Å². The number of carbonyl (C=O) groups excluding carboxylic acids is 1. The van der Waals surface area contributed by atoms with Crippen molar-refractivity contribution in [2.75, 3.05) is 14.2 Å². The number of rotatable bonds is 4. The van der Waals surface area contributed by atoms with Crippen molar-refractivity contribution >= 4 is 5.78 Å². The predicted octanol–water partition coefficient (Wildman–Crippen LogP) is 2.19. The molecule has 0 aromatic heterocycles. The number of methoxy groups -OCH3 is 2. The lowest BCUT2D eigenvalue weighted by atomic mass is 9.79. The highest BCUT2D eigenvalue weighted by Crippen LogP contribution is 2.41. The third-order valence-electron chi connectivity index (χ3n) is 3.73. The van der Waals surface area contributed by atoms with Gasteiger partial charge >= 0.3 is 0 Å². The fourth-order valence-electron chi connectivity index (χ4n) is 2.77. The number of Topliss-reactive ketones (excluding diaryl/α,β-unsaturated/α-hetero) is 1. The SMILES string of the molecule is COc1cccc([C@@H]2CC(=O)CC[C@H]2[N+](=O)[O-])c1OC. The van der Waals surface area contributed by atoms with Gasteiger partial charge in [-0.15, -0.1) is 0 Å². The monoisotopic (exact) mass is 279 g/mol. The van der Waals surface area contributed by atoms with Crippen LogP contribution in [0, 0.1) is 10.1 Å². The zero-order valence-electron chi connectivity index (χ0n) is 11.5. The highest BCUT2D eigenvalue weighted by Gasteiger charge is 2.40. The molecule has 0 heterocycles. The molecule has 6 heteroatoms. The standard InChI is InChI=1S/C14H17NO5/c1-19-13-5-3-4-10(14(13)20-2)11-8-9(16)6-7-12(11)15(17)18/h3-5,11-12H,6-8H2,1-2H3/t11-,12+/m0/s1. The molecule has 1 fully saturated rings. The molecule has 1 aromatic carbocycles. The first-order valence-electron chi connectivity index (χ1n) is 6.44. The number of para-hydroxylation sites is 1. The second-order valence-electron chi connectivity index (χ2n) is 4.82. The molecule has 2 atom stereocenters. The van der Waals surface area contributed by atoms with E-state index in [-0.39, 0.29) is 30.0 Å². The zero-order valence-corrected chi connectivity index (χ0v) is 11.5. The van der Waals surface area contributed by atoms with Gasteiger partial charge in [0.05, 0.1) is 20.1 Å². The van der Waals surface area contributed by atoms with Crippen molar-refractivity contribution in [1.29, 1.82) is 0 Å². The quantitative estimate of drug-likeness (QED) is 0.623. The second kappa shape index (κ2) is 5.90. The molecule has 1 aromatic rings. The van der Waals surface area contributed by atoms with Crippen LogP contribution >= 0.6 is 0 Å². The summed E-state index contributed by atoms with van der Waals surface area (Å²) in [5, 5.41) is 11.2. The van der Waals surface area contributed by atoms with Crippen LogP contribution in [0.2, 0.25) is 0 Å². The minimum absolute atomic E-state index is 0.0537. The van der Waals surface area contributed by atoms with Gasteiger partial charge in [0.25, 0.3) is 0 Å². The predicted molar refractivity (Wildman–Crippen MR) is 71.9 cm³/mol. The number of ketones is 1. The van der Waals surface area contributed by atoms with Crippen molar-refractivity contribution in [3.05, 3.63) is 33.9 Å². The maximum atomic E-state index is 11.7. The molecule has 1 aliphatic rings. The molecule has 108 valence electrons. The Morgan fingerprint density at radius 3 is 2.65 bits per heavy atom. The first-order chi connectivity index (χ1) is 9.58. The molecule has 0 spiro atoms. The molecule has 2 rings (SSSR count). The topological polar surface area (TPSA) is 78.7 Å². The third kappa shape index (κ3) is 2.59. The van der Waals surface area contributed by atoms with Crippen LogP contribution in [-0.4, -0.2) is 31.0 Å². The fraction of sp³-hybridized carbons (Fsp3) is 0.500. The summed E-state index contributed by atoms with van der Waals surface area (Å²) in [6.45, 7) is 0. The Bertz CT molecular complexity index is 528. The molecule has 6 nitrogen and oxygen atoms in total. The highest BCUT2D eigenvalue weighted by atomic mass is 16.6. The van der Waals surface area contributed by atoms with E-state index in [4.69, 9.17) is 9.47 Å². The molecule has 0 bridgehead atoms. The molecular formula is C14H17NO5. The van der Waals surface area contributed by atoms with Gasteiger partial charge in [0.2, 0.25) is 6.04 Å². The van der Waals surface area contributed by atoms with Crippen molar-refractivity contribution in [2.45, 2.75) is 31.2 Å². The van der Waals surface area contributed by atoms with Crippen LogP contribution in [-0.2, 0) is 4.79 Å². The summed E-state index contributed by atoms with van der Waals surface area (Å²) in [6, 6.07) is 4.50. The number of hydrogen-bond donors (Lipinski definition) is 0. The Kier molecular flexibility index (Phi) is 4.22. The van der Waals surface area contributed by atoms with Crippen LogP contribution in [0.1, 0.15) is 30.7 Å². The van der Waals surface area contributed by atoms with Crippen molar-refractivity contribution in [1.82, 2.24) is 0 Å². The van der Waals surface area contributed by atoms with E-state index < -0.39 is 12.0 Å². The molecule has 0 radical (unpaired) electrons. The molecule has 0 unspecified atom stereocenters. The molecule has 1 saturated carbocycles. The normalized spacial score (nSPS) is 22.4. The number of carbonyl (C=O) groups is 1. The van der Waals surface area contributed by atoms with Gasteiger partial charge in [-0.05, 0) is 6.07 Å². The van der Waals surface area contributed by atoms with E-state index in [9.17, 15) is 14.9 Å². The summed E-state index contributed by atoms with van der Waals surface area (Å²) in [6.07, 6.45) is 0.723. The number of benzene rings is 1. The minimum Gasteiger partial charge on any atom is -0.493 e. The molecule has 0 N–H and O–H groups in total. The van der Waals surface area contributed by atoms with Crippen molar-refractivity contribution in [3.8, 4) is 11.5 Å². The summed E-state index contributed by atoms with van der Waals surface area (Å²) < 4.78 is 10.5. The number of hydrogen-bond acceptors (Lipinski definition) is 5. The first-order valence-corrected chi connectivity index (χ1v) is 6.44. The smallest absolute Gasteiger partial charge is 0.220 e. The average molecular weight is 279 g/mol. The van der Waals surface area contributed by atoms with E-state index in [1.807, 2.05) is 0 Å². The van der Waals surface area contributed by atoms with Crippen LogP contribution in [0.5, 0.6) is 11.5 Å². The molecule has 1 aliphatic carbocycles. The maximum Gasteiger partial charge on any atom is 0.220 e. The Balaban J connectivity index is 2.46. The van der Waals surface area contributed by atoms with E-state index in [0.29, 0.717) is 17.1 Å². The lowest BCUT2D eigenvalue weighted by Crippen LogP contribution is -2.34. The lowest BCUT2D eigenvalue weighted by Gasteiger charge is -2.26. The summed E-state index contributed by atoms with van der Waals surface area (Å²) in [4.78, 5) is 22.6. The largest absolute Gasteiger partial charge is 0.493 e. The maximum absolute atomic E-state index is 11.7. The van der Waals surface area contributed by atoms with Crippen LogP contribution in [0.25, 0.3) is 0 Å². The Morgan fingerprint density at radius 1 is 1.30 bits per heavy atom. The van der Waals surface area contributed by atoms with Crippen LogP contribution in [0.3, 0.4) is 0 Å². The number of nitro groups is 1. The summed E-state index contributed by atoms with van der Waals surface area (Å²) in [7, 11) is 3.01. The summed E-state index contributed by atoms with van der Waals surface area (Å²) in [5.74, 6) is 0.584. The lowest BCUT2D eigenvalue weighted by molar-refractivity contribution is -0.528. The van der Waals surface area contributed by atoms with E-state index >= 15 is 0 Å². The van der Waals surface area contributed by atoms with Crippen LogP contribution < -0.4 is 9.47 Å². The Labute approximate surface area is 116 Å². The van der Waals surface area contributed by atoms with E-state index in [0.717, 1.165) is 0 Å². The molecular weight excluding hydrogens is 262 g/mol. The highest BCUT2D eigenvalue weighted by molar-refractivity contribution is 5.80. The number of nitrogens with zero attached hydrogens (tertiary/aromatic N) is 1. The third-order valence-corrected chi connectivity index (χ3v) is 3.73. The summed E-state index contributed by atoms with van der Waals surface area (Å²) >= 11 is 0. The van der Waals surface area contributed by atoms with E-state index in [2.05, 4.69) is 0 Å². The zero-order chi connectivity index (χ0) is 14.7. The van der Waals surface area contributed by atoms with Gasteiger partial charge in [-0.3, -0.25) is 14.9 Å². The van der Waals surface area contributed by atoms with Crippen LogP contribution in [0.15, 0.2) is 18.2 Å². The second-order valence-corrected chi connectivity index (χ2v) is 4.82. The minimum atomic E-state index is -0.756. The van der Waals surface area contributed by atoms with Gasteiger partial charge < -0.3 is 9.47 Å². The van der Waals surface area contributed by atoms with Crippen LogP contribution in [0.4, 0.5) is 0 Å². The first kappa shape index (κ1) is 14.3. The molecule has 0 saturated heterocycles.